The number of nitro benzene ring substituents is 1. The summed E-state index contributed by atoms with van der Waals surface area (Å²) in [4.78, 5) is 24.1. The van der Waals surface area contributed by atoms with Crippen LogP contribution in [0.5, 0.6) is 0 Å². The Morgan fingerprint density at radius 3 is 2.63 bits per heavy atom. The largest absolute Gasteiger partial charge is 0.299 e. The number of Topliss-reactive ketones (excluding diaryl/α,β-unsaturated/α-hetero) is 1. The van der Waals surface area contributed by atoms with Gasteiger partial charge in [-0.3, -0.25) is 19.8 Å². The van der Waals surface area contributed by atoms with Crippen LogP contribution in [0.4, 0.5) is 5.69 Å². The second-order valence-corrected chi connectivity index (χ2v) is 4.98. The van der Waals surface area contributed by atoms with Crippen molar-refractivity contribution in [2.45, 2.75) is 26.3 Å². The maximum atomic E-state index is 11.6. The van der Waals surface area contributed by atoms with Gasteiger partial charge in [-0.15, -0.1) is 0 Å². The number of hydrogen-bond donors (Lipinski definition) is 0. The maximum Gasteiger partial charge on any atom is 0.269 e. The average molecular weight is 262 g/mol. The van der Waals surface area contributed by atoms with Crippen molar-refractivity contribution in [3.05, 3.63) is 39.9 Å². The van der Waals surface area contributed by atoms with E-state index in [1.807, 2.05) is 6.92 Å². The lowest BCUT2D eigenvalue weighted by Gasteiger charge is -2.31. The molecule has 0 saturated carbocycles. The first-order chi connectivity index (χ1) is 9.10. The minimum atomic E-state index is -0.392. The van der Waals surface area contributed by atoms with Crippen LogP contribution in [0.1, 0.15) is 25.3 Å². The molecule has 0 spiro atoms. The number of hydrogen-bond acceptors (Lipinski definition) is 4. The van der Waals surface area contributed by atoms with Crippen LogP contribution in [-0.2, 0) is 11.3 Å². The molecule has 1 unspecified atom stereocenters. The summed E-state index contributed by atoms with van der Waals surface area (Å²) in [5.74, 6) is 0.509. The summed E-state index contributed by atoms with van der Waals surface area (Å²) in [7, 11) is 0. The number of likely N-dealkylation sites (tertiary alicyclic amines) is 1. The summed E-state index contributed by atoms with van der Waals surface area (Å²) in [5, 5.41) is 10.6. The zero-order valence-corrected chi connectivity index (χ0v) is 11.0. The normalized spacial score (nSPS) is 20.5. The topological polar surface area (TPSA) is 63.4 Å². The van der Waals surface area contributed by atoms with E-state index in [-0.39, 0.29) is 11.6 Å². The van der Waals surface area contributed by atoms with Gasteiger partial charge in [0.1, 0.15) is 5.78 Å². The first-order valence-electron chi connectivity index (χ1n) is 6.58. The average Bonchev–Trinajstić information content (AvgIpc) is 2.41. The third kappa shape index (κ3) is 3.38. The fourth-order valence-electron chi connectivity index (χ4n) is 2.46. The van der Waals surface area contributed by atoms with Crippen molar-refractivity contribution in [2.24, 2.45) is 5.92 Å². The minimum Gasteiger partial charge on any atom is -0.299 e. The van der Waals surface area contributed by atoms with Crippen molar-refractivity contribution in [1.29, 1.82) is 0 Å². The molecule has 19 heavy (non-hydrogen) atoms. The molecule has 1 aromatic rings. The van der Waals surface area contributed by atoms with Crippen LogP contribution in [0.25, 0.3) is 0 Å². The highest BCUT2D eigenvalue weighted by molar-refractivity contribution is 5.82. The van der Waals surface area contributed by atoms with Crippen LogP contribution >= 0.6 is 0 Å². The SMILES string of the molecule is CCC1CN(Cc2ccc([N+](=O)[O-])cc2)CCC1=O. The number of carbonyl (C=O) groups excluding carboxylic acids is 1. The molecule has 5 nitrogen and oxygen atoms in total. The van der Waals surface area contributed by atoms with Gasteiger partial charge in [0, 0.05) is 44.1 Å². The highest BCUT2D eigenvalue weighted by atomic mass is 16.6. The van der Waals surface area contributed by atoms with Crippen molar-refractivity contribution in [1.82, 2.24) is 4.90 Å². The van der Waals surface area contributed by atoms with Gasteiger partial charge in [-0.25, -0.2) is 0 Å². The Balaban J connectivity index is 1.97. The minimum absolute atomic E-state index is 0.115. The highest BCUT2D eigenvalue weighted by Gasteiger charge is 2.25. The lowest BCUT2D eigenvalue weighted by molar-refractivity contribution is -0.384. The Bertz CT molecular complexity index is 470. The third-order valence-electron chi connectivity index (χ3n) is 3.65. The van der Waals surface area contributed by atoms with Crippen LogP contribution in [0.2, 0.25) is 0 Å². The molecule has 1 aliphatic rings. The van der Waals surface area contributed by atoms with Crippen molar-refractivity contribution >= 4 is 11.5 Å². The van der Waals surface area contributed by atoms with Gasteiger partial charge in [0.05, 0.1) is 4.92 Å². The fraction of sp³-hybridized carbons (Fsp3) is 0.500. The molecule has 1 heterocycles. The Labute approximate surface area is 112 Å². The quantitative estimate of drug-likeness (QED) is 0.617. The number of ketones is 1. The molecule has 0 bridgehead atoms. The second-order valence-electron chi connectivity index (χ2n) is 4.98. The van der Waals surface area contributed by atoms with Crippen LogP contribution in [0, 0.1) is 16.0 Å². The van der Waals surface area contributed by atoms with Gasteiger partial charge in [-0.05, 0) is 12.0 Å². The smallest absolute Gasteiger partial charge is 0.269 e. The Kier molecular flexibility index (Phi) is 4.27. The van der Waals surface area contributed by atoms with Gasteiger partial charge in [0.2, 0.25) is 0 Å². The molecular weight excluding hydrogens is 244 g/mol. The summed E-state index contributed by atoms with van der Waals surface area (Å²) in [6, 6.07) is 6.63. The van der Waals surface area contributed by atoms with Crippen LogP contribution in [0.15, 0.2) is 24.3 Å². The van der Waals surface area contributed by atoms with Crippen molar-refractivity contribution in [3.63, 3.8) is 0 Å². The van der Waals surface area contributed by atoms with Gasteiger partial charge in [-0.2, -0.15) is 0 Å². The number of nitro groups is 1. The number of benzene rings is 1. The van der Waals surface area contributed by atoms with Gasteiger partial charge in [0.25, 0.3) is 5.69 Å². The zero-order chi connectivity index (χ0) is 13.8. The lowest BCUT2D eigenvalue weighted by Crippen LogP contribution is -2.40. The Morgan fingerprint density at radius 1 is 1.37 bits per heavy atom. The van der Waals surface area contributed by atoms with Crippen molar-refractivity contribution in [2.75, 3.05) is 13.1 Å². The van der Waals surface area contributed by atoms with E-state index in [1.165, 1.54) is 12.1 Å². The molecule has 0 radical (unpaired) electrons. The summed E-state index contributed by atoms with van der Waals surface area (Å²) >= 11 is 0. The van der Waals surface area contributed by atoms with Crippen LogP contribution in [0.3, 0.4) is 0 Å². The summed E-state index contributed by atoms with van der Waals surface area (Å²) in [6.45, 7) is 4.37. The van der Waals surface area contributed by atoms with E-state index >= 15 is 0 Å². The predicted molar refractivity (Wildman–Crippen MR) is 71.8 cm³/mol. The number of rotatable bonds is 4. The fourth-order valence-corrected chi connectivity index (χ4v) is 2.46. The Morgan fingerprint density at radius 2 is 2.05 bits per heavy atom. The van der Waals surface area contributed by atoms with Gasteiger partial charge in [0.15, 0.2) is 0 Å². The summed E-state index contributed by atoms with van der Waals surface area (Å²) in [5.41, 5.74) is 1.17. The monoisotopic (exact) mass is 262 g/mol. The van der Waals surface area contributed by atoms with Crippen LogP contribution < -0.4 is 0 Å². The number of carbonyl (C=O) groups is 1. The van der Waals surface area contributed by atoms with E-state index in [0.717, 1.165) is 31.6 Å². The first kappa shape index (κ1) is 13.7. The maximum absolute atomic E-state index is 11.6. The van der Waals surface area contributed by atoms with E-state index in [2.05, 4.69) is 4.90 Å². The molecule has 0 aromatic heterocycles. The number of nitrogens with zero attached hydrogens (tertiary/aromatic N) is 2. The first-order valence-corrected chi connectivity index (χ1v) is 6.58. The lowest BCUT2D eigenvalue weighted by atomic mass is 9.94. The molecule has 1 fully saturated rings. The van der Waals surface area contributed by atoms with E-state index in [0.29, 0.717) is 12.2 Å². The van der Waals surface area contributed by atoms with Gasteiger partial charge in [-0.1, -0.05) is 19.1 Å². The van der Waals surface area contributed by atoms with Crippen molar-refractivity contribution < 1.29 is 9.72 Å². The molecule has 1 aromatic carbocycles. The molecular formula is C14H18N2O3. The molecule has 0 N–H and O–H groups in total. The van der Waals surface area contributed by atoms with E-state index in [1.54, 1.807) is 12.1 Å². The van der Waals surface area contributed by atoms with E-state index < -0.39 is 4.92 Å². The van der Waals surface area contributed by atoms with E-state index in [4.69, 9.17) is 0 Å². The highest BCUT2D eigenvalue weighted by Crippen LogP contribution is 2.19. The molecule has 5 heteroatoms. The van der Waals surface area contributed by atoms with Crippen molar-refractivity contribution in [3.8, 4) is 0 Å². The molecule has 2 rings (SSSR count). The zero-order valence-electron chi connectivity index (χ0n) is 11.0. The van der Waals surface area contributed by atoms with Gasteiger partial charge < -0.3 is 0 Å². The standard InChI is InChI=1S/C14H18N2O3/c1-2-12-10-15(8-7-14(12)17)9-11-3-5-13(6-4-11)16(18)19/h3-6,12H,2,7-10H2,1H3. The molecule has 1 atom stereocenters. The number of non-ortho nitro benzene ring substituents is 1. The molecule has 0 amide bonds. The van der Waals surface area contributed by atoms with Gasteiger partial charge >= 0.3 is 0 Å². The van der Waals surface area contributed by atoms with E-state index in [9.17, 15) is 14.9 Å². The second kappa shape index (κ2) is 5.93. The third-order valence-corrected chi connectivity index (χ3v) is 3.65. The molecule has 0 aliphatic carbocycles. The molecule has 1 aliphatic heterocycles. The summed E-state index contributed by atoms with van der Waals surface area (Å²) in [6.07, 6.45) is 1.50. The molecule has 1 saturated heterocycles. The molecule has 102 valence electrons. The number of piperidine rings is 1. The Hall–Kier alpha value is -1.75. The predicted octanol–water partition coefficient (Wildman–Crippen LogP) is 2.40. The summed E-state index contributed by atoms with van der Waals surface area (Å²) < 4.78 is 0. The van der Waals surface area contributed by atoms with Crippen LogP contribution in [-0.4, -0.2) is 28.7 Å².